The van der Waals surface area contributed by atoms with Gasteiger partial charge in [-0.3, -0.25) is 0 Å². The molecular weight excluding hydrogens is 308 g/mol. The summed E-state index contributed by atoms with van der Waals surface area (Å²) < 4.78 is 5.44. The lowest BCUT2D eigenvalue weighted by Gasteiger charge is -2.07. The molecule has 0 atom stereocenters. The van der Waals surface area contributed by atoms with E-state index in [-0.39, 0.29) is 5.97 Å². The normalized spacial score (nSPS) is 10.5. The third kappa shape index (κ3) is 4.16. The molecule has 0 aliphatic carbocycles. The molecule has 0 heterocycles. The van der Waals surface area contributed by atoms with Gasteiger partial charge in [0, 0.05) is 0 Å². The smallest absolute Gasteiger partial charge is 0.343 e. The van der Waals surface area contributed by atoms with Crippen LogP contribution in [0.2, 0.25) is 0 Å². The third-order valence-corrected chi connectivity index (χ3v) is 4.36. The largest absolute Gasteiger partial charge is 0.423 e. The second-order valence-corrected chi connectivity index (χ2v) is 6.01. The molecule has 0 N–H and O–H groups in total. The van der Waals surface area contributed by atoms with Crippen molar-refractivity contribution in [3.05, 3.63) is 89.5 Å². The maximum Gasteiger partial charge on any atom is 0.343 e. The van der Waals surface area contributed by atoms with Gasteiger partial charge in [-0.25, -0.2) is 4.79 Å². The van der Waals surface area contributed by atoms with Crippen LogP contribution < -0.4 is 4.74 Å². The lowest BCUT2D eigenvalue weighted by molar-refractivity contribution is 0.0735. The van der Waals surface area contributed by atoms with Gasteiger partial charge in [0.05, 0.1) is 5.56 Å². The van der Waals surface area contributed by atoms with Crippen LogP contribution in [-0.2, 0) is 12.8 Å². The number of rotatable bonds is 5. The average molecular weight is 330 g/mol. The molecule has 25 heavy (non-hydrogen) atoms. The topological polar surface area (TPSA) is 26.3 Å². The second kappa shape index (κ2) is 7.80. The molecule has 0 bridgehead atoms. The Kier molecular flexibility index (Phi) is 5.30. The minimum Gasteiger partial charge on any atom is -0.423 e. The molecule has 0 fully saturated rings. The fraction of sp³-hybridized carbons (Fsp3) is 0.174. The predicted molar refractivity (Wildman–Crippen MR) is 102 cm³/mol. The van der Waals surface area contributed by atoms with Crippen molar-refractivity contribution < 1.29 is 9.53 Å². The van der Waals surface area contributed by atoms with E-state index in [9.17, 15) is 4.79 Å². The van der Waals surface area contributed by atoms with Crippen LogP contribution in [0.15, 0.2) is 72.8 Å². The molecule has 126 valence electrons. The van der Waals surface area contributed by atoms with Crippen molar-refractivity contribution in [1.82, 2.24) is 0 Å². The van der Waals surface area contributed by atoms with Gasteiger partial charge in [-0.1, -0.05) is 62.4 Å². The Hall–Kier alpha value is -2.87. The van der Waals surface area contributed by atoms with Crippen molar-refractivity contribution in [2.75, 3.05) is 0 Å². The van der Waals surface area contributed by atoms with Crippen LogP contribution >= 0.6 is 0 Å². The zero-order valence-electron chi connectivity index (χ0n) is 14.7. The summed E-state index contributed by atoms with van der Waals surface area (Å²) in [4.78, 5) is 12.3. The van der Waals surface area contributed by atoms with E-state index >= 15 is 0 Å². The van der Waals surface area contributed by atoms with Crippen LogP contribution in [-0.4, -0.2) is 5.97 Å². The first-order valence-corrected chi connectivity index (χ1v) is 8.70. The van der Waals surface area contributed by atoms with Crippen molar-refractivity contribution in [3.63, 3.8) is 0 Å². The van der Waals surface area contributed by atoms with E-state index in [2.05, 4.69) is 38.1 Å². The molecule has 0 aliphatic rings. The van der Waals surface area contributed by atoms with Crippen molar-refractivity contribution in [1.29, 1.82) is 0 Å². The molecule has 0 spiro atoms. The van der Waals surface area contributed by atoms with Gasteiger partial charge in [0.1, 0.15) is 5.75 Å². The summed E-state index contributed by atoms with van der Waals surface area (Å²) in [5.41, 5.74) is 5.32. The molecule has 0 saturated heterocycles. The highest BCUT2D eigenvalue weighted by Gasteiger charge is 2.09. The summed E-state index contributed by atoms with van der Waals surface area (Å²) in [5.74, 6) is 0.235. The summed E-state index contributed by atoms with van der Waals surface area (Å²) in [7, 11) is 0. The van der Waals surface area contributed by atoms with E-state index in [0.29, 0.717) is 11.3 Å². The van der Waals surface area contributed by atoms with Gasteiger partial charge in [0.15, 0.2) is 0 Å². The van der Waals surface area contributed by atoms with Crippen LogP contribution in [0.25, 0.3) is 11.1 Å². The maximum atomic E-state index is 12.3. The van der Waals surface area contributed by atoms with E-state index in [1.165, 1.54) is 11.1 Å². The lowest BCUT2D eigenvalue weighted by atomic mass is 10.0. The Morgan fingerprint density at radius 2 is 1.12 bits per heavy atom. The van der Waals surface area contributed by atoms with Gasteiger partial charge in [-0.2, -0.15) is 0 Å². The highest BCUT2D eigenvalue weighted by Crippen LogP contribution is 2.21. The average Bonchev–Trinajstić information content (AvgIpc) is 2.69. The van der Waals surface area contributed by atoms with Crippen molar-refractivity contribution in [2.45, 2.75) is 26.7 Å². The first kappa shape index (κ1) is 17.0. The molecular formula is C23H22O2. The van der Waals surface area contributed by atoms with Gasteiger partial charge in [0.2, 0.25) is 0 Å². The number of benzene rings is 3. The highest BCUT2D eigenvalue weighted by molar-refractivity contribution is 5.91. The molecule has 2 nitrogen and oxygen atoms in total. The number of hydrogen-bond acceptors (Lipinski definition) is 2. The van der Waals surface area contributed by atoms with E-state index in [1.807, 2.05) is 48.5 Å². The van der Waals surface area contributed by atoms with Gasteiger partial charge >= 0.3 is 5.97 Å². The summed E-state index contributed by atoms with van der Waals surface area (Å²) in [5, 5.41) is 0. The Morgan fingerprint density at radius 3 is 1.60 bits per heavy atom. The second-order valence-electron chi connectivity index (χ2n) is 6.01. The molecule has 3 rings (SSSR count). The predicted octanol–water partition coefficient (Wildman–Crippen LogP) is 5.70. The standard InChI is InChI=1S/C23H22O2/c1-3-17-5-9-19(10-6-17)20-11-13-21(14-12-20)23(24)25-22-15-7-18(4-2)8-16-22/h5-16H,3-4H2,1-2H3. The Labute approximate surface area is 149 Å². The molecule has 2 heteroatoms. The molecule has 3 aromatic carbocycles. The number of aryl methyl sites for hydroxylation is 2. The van der Waals surface area contributed by atoms with E-state index in [4.69, 9.17) is 4.74 Å². The van der Waals surface area contributed by atoms with Crippen LogP contribution in [0, 0.1) is 0 Å². The fourth-order valence-corrected chi connectivity index (χ4v) is 2.69. The quantitative estimate of drug-likeness (QED) is 0.443. The van der Waals surface area contributed by atoms with E-state index < -0.39 is 0 Å². The van der Waals surface area contributed by atoms with E-state index in [0.717, 1.165) is 24.0 Å². The first-order chi connectivity index (χ1) is 12.2. The maximum absolute atomic E-state index is 12.3. The first-order valence-electron chi connectivity index (χ1n) is 8.70. The van der Waals surface area contributed by atoms with E-state index in [1.54, 1.807) is 0 Å². The third-order valence-electron chi connectivity index (χ3n) is 4.36. The van der Waals surface area contributed by atoms with Crippen molar-refractivity contribution in [2.24, 2.45) is 0 Å². The summed E-state index contributed by atoms with van der Waals surface area (Å²) in [6.45, 7) is 4.24. The molecule has 0 unspecified atom stereocenters. The fourth-order valence-electron chi connectivity index (χ4n) is 2.69. The summed E-state index contributed by atoms with van der Waals surface area (Å²) >= 11 is 0. The lowest BCUT2D eigenvalue weighted by Crippen LogP contribution is -2.08. The number of carbonyl (C=O) groups excluding carboxylic acids is 1. The Bertz CT molecular complexity index is 829. The summed E-state index contributed by atoms with van der Waals surface area (Å²) in [6, 6.07) is 23.7. The van der Waals surface area contributed by atoms with Crippen molar-refractivity contribution in [3.8, 4) is 16.9 Å². The van der Waals surface area contributed by atoms with Crippen molar-refractivity contribution >= 4 is 5.97 Å². The molecule has 0 aliphatic heterocycles. The molecule has 0 saturated carbocycles. The van der Waals surface area contributed by atoms with Gasteiger partial charge in [0.25, 0.3) is 0 Å². The number of esters is 1. The SMILES string of the molecule is CCc1ccc(OC(=O)c2ccc(-c3ccc(CC)cc3)cc2)cc1. The van der Waals surface area contributed by atoms with Gasteiger partial charge < -0.3 is 4.74 Å². The van der Waals surface area contributed by atoms with Crippen LogP contribution in [0.5, 0.6) is 5.75 Å². The molecule has 0 aromatic heterocycles. The highest BCUT2D eigenvalue weighted by atomic mass is 16.5. The number of ether oxygens (including phenoxy) is 1. The van der Waals surface area contributed by atoms with Gasteiger partial charge in [-0.15, -0.1) is 0 Å². The van der Waals surface area contributed by atoms with Crippen LogP contribution in [0.3, 0.4) is 0 Å². The van der Waals surface area contributed by atoms with Crippen LogP contribution in [0.4, 0.5) is 0 Å². The number of hydrogen-bond donors (Lipinski definition) is 0. The summed E-state index contributed by atoms with van der Waals surface area (Å²) in [6.07, 6.45) is 2.00. The Balaban J connectivity index is 1.71. The monoisotopic (exact) mass is 330 g/mol. The zero-order chi connectivity index (χ0) is 17.6. The zero-order valence-corrected chi connectivity index (χ0v) is 14.7. The molecule has 0 radical (unpaired) electrons. The number of carbonyl (C=O) groups is 1. The minimum absolute atomic E-state index is 0.336. The minimum atomic E-state index is -0.336. The van der Waals surface area contributed by atoms with Crippen LogP contribution in [0.1, 0.15) is 35.3 Å². The Morgan fingerprint density at radius 1 is 0.680 bits per heavy atom. The van der Waals surface area contributed by atoms with Gasteiger partial charge in [-0.05, 0) is 59.4 Å². The molecule has 0 amide bonds. The molecule has 3 aromatic rings.